The minimum absolute atomic E-state index is 0.00713. The first-order valence-corrected chi connectivity index (χ1v) is 12.2. The number of hydrogen-bond acceptors (Lipinski definition) is 10. The number of carbonyl (C=O) groups excluding carboxylic acids is 2. The third kappa shape index (κ3) is 4.81. The number of nitrogens with one attached hydrogen (secondary N) is 1. The van der Waals surface area contributed by atoms with Gasteiger partial charge < -0.3 is 25.6 Å². The quantitative estimate of drug-likeness (QED) is 0.135. The van der Waals surface area contributed by atoms with Crippen LogP contribution in [0.3, 0.4) is 0 Å². The van der Waals surface area contributed by atoms with Gasteiger partial charge in [0.2, 0.25) is 11.2 Å². The number of nitrogens with two attached hydrogens (primary N) is 1. The van der Waals surface area contributed by atoms with Crippen molar-refractivity contribution in [2.45, 2.75) is 19.8 Å². The monoisotopic (exact) mass is 531 g/mol. The molecule has 0 atom stereocenters. The summed E-state index contributed by atoms with van der Waals surface area (Å²) in [5, 5.41) is 13.7. The van der Waals surface area contributed by atoms with Gasteiger partial charge in [-0.2, -0.15) is 15.0 Å². The summed E-state index contributed by atoms with van der Waals surface area (Å²) < 4.78 is 11.5. The molecule has 4 aromatic rings. The molecule has 0 amide bonds. The number of ketones is 2. The molecule has 0 bridgehead atoms. The van der Waals surface area contributed by atoms with Crippen LogP contribution in [0, 0.1) is 0 Å². The SMILES string of the molecule is CCCCNc1nc(Cl)nc(Oc2ccc(Oc3cc(O)c4c(c3N)C(=O)c3ccccc3C4=O)cc2)n1. The van der Waals surface area contributed by atoms with Gasteiger partial charge in [-0.25, -0.2) is 0 Å². The molecule has 0 unspecified atom stereocenters. The number of ether oxygens (including phenoxy) is 2. The van der Waals surface area contributed by atoms with E-state index in [-0.39, 0.29) is 45.0 Å². The molecule has 0 saturated carbocycles. The second kappa shape index (κ2) is 10.3. The van der Waals surface area contributed by atoms with Gasteiger partial charge in [0.1, 0.15) is 17.2 Å². The zero-order chi connectivity index (χ0) is 26.8. The van der Waals surface area contributed by atoms with E-state index < -0.39 is 17.3 Å². The Morgan fingerprint density at radius 1 is 0.921 bits per heavy atom. The molecule has 1 aliphatic rings. The summed E-state index contributed by atoms with van der Waals surface area (Å²) in [6.45, 7) is 2.77. The predicted octanol–water partition coefficient (Wildman–Crippen LogP) is 5.38. The maximum atomic E-state index is 13.1. The Balaban J connectivity index is 1.36. The lowest BCUT2D eigenvalue weighted by molar-refractivity contribution is 0.0977. The zero-order valence-corrected chi connectivity index (χ0v) is 21.0. The van der Waals surface area contributed by atoms with Crippen molar-refractivity contribution in [1.29, 1.82) is 0 Å². The number of benzene rings is 3. The lowest BCUT2D eigenvalue weighted by atomic mass is 9.82. The number of aromatic nitrogens is 3. The topological polar surface area (TPSA) is 150 Å². The van der Waals surface area contributed by atoms with Crippen LogP contribution in [0.5, 0.6) is 29.0 Å². The van der Waals surface area contributed by atoms with Crippen molar-refractivity contribution in [2.75, 3.05) is 17.6 Å². The van der Waals surface area contributed by atoms with Crippen molar-refractivity contribution in [3.05, 3.63) is 82.1 Å². The summed E-state index contributed by atoms with van der Waals surface area (Å²) in [6, 6.07) is 14.0. The third-order valence-electron chi connectivity index (χ3n) is 5.84. The van der Waals surface area contributed by atoms with Gasteiger partial charge >= 0.3 is 6.01 Å². The molecule has 0 radical (unpaired) electrons. The molecule has 0 fully saturated rings. The average Bonchev–Trinajstić information content (AvgIpc) is 2.90. The largest absolute Gasteiger partial charge is 0.507 e. The van der Waals surface area contributed by atoms with E-state index in [4.69, 9.17) is 26.8 Å². The van der Waals surface area contributed by atoms with Crippen LogP contribution in [0.15, 0.2) is 54.6 Å². The number of fused-ring (bicyclic) bond motifs is 2. The van der Waals surface area contributed by atoms with Gasteiger partial charge in [0, 0.05) is 23.7 Å². The lowest BCUT2D eigenvalue weighted by Crippen LogP contribution is -2.22. The van der Waals surface area contributed by atoms with Crippen molar-refractivity contribution in [2.24, 2.45) is 0 Å². The van der Waals surface area contributed by atoms with E-state index in [1.165, 1.54) is 12.1 Å². The molecule has 5 rings (SSSR count). The molecule has 192 valence electrons. The Labute approximate surface area is 222 Å². The molecule has 10 nitrogen and oxygen atoms in total. The fourth-order valence-electron chi connectivity index (χ4n) is 4.00. The second-order valence-electron chi connectivity index (χ2n) is 8.43. The van der Waals surface area contributed by atoms with Crippen molar-refractivity contribution < 1.29 is 24.2 Å². The van der Waals surface area contributed by atoms with Gasteiger partial charge in [-0.1, -0.05) is 37.6 Å². The number of nitrogens with zero attached hydrogens (tertiary/aromatic N) is 3. The molecule has 1 heterocycles. The van der Waals surface area contributed by atoms with E-state index in [1.54, 1.807) is 42.5 Å². The summed E-state index contributed by atoms with van der Waals surface area (Å²) in [5.41, 5.74) is 6.43. The van der Waals surface area contributed by atoms with Gasteiger partial charge in [0.25, 0.3) is 0 Å². The third-order valence-corrected chi connectivity index (χ3v) is 6.01. The summed E-state index contributed by atoms with van der Waals surface area (Å²) in [7, 11) is 0. The minimum atomic E-state index is -0.477. The molecular formula is C27H22ClN5O5. The number of rotatable bonds is 8. The Kier molecular flexibility index (Phi) is 6.80. The van der Waals surface area contributed by atoms with Crippen LogP contribution in [-0.4, -0.2) is 38.2 Å². The molecule has 0 saturated heterocycles. The average molecular weight is 532 g/mol. The Hall–Kier alpha value is -4.70. The van der Waals surface area contributed by atoms with Crippen LogP contribution in [0.25, 0.3) is 0 Å². The van der Waals surface area contributed by atoms with E-state index >= 15 is 0 Å². The van der Waals surface area contributed by atoms with E-state index in [1.807, 2.05) is 0 Å². The van der Waals surface area contributed by atoms with E-state index in [0.29, 0.717) is 24.0 Å². The van der Waals surface area contributed by atoms with Gasteiger partial charge in [-0.05, 0) is 42.3 Å². The molecule has 1 aromatic heterocycles. The van der Waals surface area contributed by atoms with E-state index in [9.17, 15) is 14.7 Å². The fraction of sp³-hybridized carbons (Fsp3) is 0.148. The number of nitrogen functional groups attached to an aromatic ring is 1. The number of phenols is 1. The van der Waals surface area contributed by atoms with E-state index in [0.717, 1.165) is 12.8 Å². The minimum Gasteiger partial charge on any atom is -0.507 e. The second-order valence-corrected chi connectivity index (χ2v) is 8.77. The van der Waals surface area contributed by atoms with Gasteiger partial charge in [-0.3, -0.25) is 9.59 Å². The standard InChI is InChI=1S/C27H22ClN5O5/c1-2-3-12-30-26-31-25(28)32-27(33-26)38-15-10-8-14(9-11-15)37-19-13-18(34)20-21(22(19)29)24(36)17-7-5-4-6-16(17)23(20)35/h4-11,13,34H,2-3,12,29H2,1H3,(H,30,31,32,33). The van der Waals surface area contributed by atoms with Crippen molar-refractivity contribution >= 4 is 34.8 Å². The normalized spacial score (nSPS) is 12.1. The Morgan fingerprint density at radius 2 is 1.55 bits per heavy atom. The first kappa shape index (κ1) is 25.0. The highest BCUT2D eigenvalue weighted by Gasteiger charge is 2.35. The molecule has 1 aliphatic carbocycles. The smallest absolute Gasteiger partial charge is 0.328 e. The lowest BCUT2D eigenvalue weighted by Gasteiger charge is -2.21. The highest BCUT2D eigenvalue weighted by atomic mass is 35.5. The Morgan fingerprint density at radius 3 is 2.21 bits per heavy atom. The zero-order valence-electron chi connectivity index (χ0n) is 20.2. The van der Waals surface area contributed by atoms with Gasteiger partial charge in [0.05, 0.1) is 16.8 Å². The molecule has 0 spiro atoms. The maximum absolute atomic E-state index is 13.1. The number of hydrogen-bond donors (Lipinski definition) is 3. The van der Waals surface area contributed by atoms with Crippen LogP contribution in [0.4, 0.5) is 11.6 Å². The van der Waals surface area contributed by atoms with Crippen LogP contribution >= 0.6 is 11.6 Å². The van der Waals surface area contributed by atoms with Gasteiger partial charge in [0.15, 0.2) is 17.3 Å². The van der Waals surface area contributed by atoms with Crippen LogP contribution in [-0.2, 0) is 0 Å². The number of unbranched alkanes of at least 4 members (excludes halogenated alkanes) is 1. The first-order chi connectivity index (χ1) is 18.4. The Bertz CT molecular complexity index is 1560. The van der Waals surface area contributed by atoms with Gasteiger partial charge in [-0.15, -0.1) is 0 Å². The highest BCUT2D eigenvalue weighted by Crippen LogP contribution is 2.42. The van der Waals surface area contributed by atoms with Crippen LogP contribution in [0.2, 0.25) is 5.28 Å². The number of aromatic hydroxyl groups is 1. The van der Waals surface area contributed by atoms with Crippen molar-refractivity contribution in [3.63, 3.8) is 0 Å². The fourth-order valence-corrected chi connectivity index (χ4v) is 4.15. The molecule has 0 aliphatic heterocycles. The van der Waals surface area contributed by atoms with Crippen LogP contribution in [0.1, 0.15) is 51.6 Å². The number of anilines is 2. The van der Waals surface area contributed by atoms with Crippen molar-refractivity contribution in [1.82, 2.24) is 15.0 Å². The number of halogens is 1. The first-order valence-electron chi connectivity index (χ1n) is 11.8. The summed E-state index contributed by atoms with van der Waals surface area (Å²) in [6.07, 6.45) is 1.97. The van der Waals surface area contributed by atoms with Crippen molar-refractivity contribution in [3.8, 4) is 29.0 Å². The number of phenolic OH excluding ortho intramolecular Hbond substituents is 1. The van der Waals surface area contributed by atoms with E-state index in [2.05, 4.69) is 27.2 Å². The summed E-state index contributed by atoms with van der Waals surface area (Å²) in [5.74, 6) is -0.251. The summed E-state index contributed by atoms with van der Waals surface area (Å²) >= 11 is 5.99. The molecular weight excluding hydrogens is 510 g/mol. The number of carbonyl (C=O) groups is 2. The van der Waals surface area contributed by atoms with Crippen LogP contribution < -0.4 is 20.5 Å². The maximum Gasteiger partial charge on any atom is 0.328 e. The molecule has 4 N–H and O–H groups in total. The highest BCUT2D eigenvalue weighted by molar-refractivity contribution is 6.31. The molecule has 38 heavy (non-hydrogen) atoms. The summed E-state index contributed by atoms with van der Waals surface area (Å²) in [4.78, 5) is 38.3. The molecule has 3 aromatic carbocycles. The molecule has 11 heteroatoms. The predicted molar refractivity (Wildman–Crippen MR) is 141 cm³/mol.